The monoisotopic (exact) mass is 652 g/mol. The van der Waals surface area contributed by atoms with Crippen LogP contribution in [-0.4, -0.2) is 0 Å². The van der Waals surface area contributed by atoms with Gasteiger partial charge in [0.25, 0.3) is 0 Å². The predicted octanol–water partition coefficient (Wildman–Crippen LogP) is 13.9. The molecule has 2 heteroatoms. The third kappa shape index (κ3) is 5.77. The highest BCUT2D eigenvalue weighted by molar-refractivity contribution is 6.00. The van der Waals surface area contributed by atoms with Gasteiger partial charge in [-0.2, -0.15) is 0 Å². The maximum atomic E-state index is 2.37. The number of nitrogens with zero attached hydrogens (tertiary/aromatic N) is 2. The number of anilines is 6. The van der Waals surface area contributed by atoms with E-state index in [9.17, 15) is 0 Å². The first-order valence-corrected chi connectivity index (χ1v) is 17.5. The van der Waals surface area contributed by atoms with E-state index in [0.29, 0.717) is 0 Å². The van der Waals surface area contributed by atoms with Gasteiger partial charge in [0.1, 0.15) is 0 Å². The first kappa shape index (κ1) is 30.4. The Morgan fingerprint density at radius 3 is 1.14 bits per heavy atom. The Labute approximate surface area is 299 Å². The molecular formula is C49H36N2. The lowest BCUT2D eigenvalue weighted by Crippen LogP contribution is -2.10. The van der Waals surface area contributed by atoms with Crippen LogP contribution >= 0.6 is 0 Å². The highest BCUT2D eigenvalue weighted by Crippen LogP contribution is 2.42. The van der Waals surface area contributed by atoms with E-state index in [4.69, 9.17) is 0 Å². The fraction of sp³-hybridized carbons (Fsp3) is 0.0204. The molecule has 51 heavy (non-hydrogen) atoms. The highest BCUT2D eigenvalue weighted by atomic mass is 15.1. The fourth-order valence-electron chi connectivity index (χ4n) is 7.29. The predicted molar refractivity (Wildman–Crippen MR) is 218 cm³/mol. The molecule has 0 fully saturated rings. The van der Waals surface area contributed by atoms with E-state index in [1.807, 2.05) is 0 Å². The van der Waals surface area contributed by atoms with E-state index in [1.165, 1.54) is 49.4 Å². The molecule has 0 aliphatic heterocycles. The number of benzene rings is 8. The number of hydrogen-bond donors (Lipinski definition) is 0. The average molecular weight is 653 g/mol. The zero-order valence-corrected chi connectivity index (χ0v) is 28.4. The molecule has 0 spiro atoms. The van der Waals surface area contributed by atoms with Crippen molar-refractivity contribution in [3.8, 4) is 11.1 Å². The standard InChI is InChI=1S/C49H36N2/c1-35-33-41(34-35)38-25-31-45(32-26-38)51(49-20-10-14-40-12-6-8-18-47(40)49)44-29-23-37(24-30-44)36-21-27-43(28-22-36)50(42-15-3-2-4-16-42)48-19-9-13-39-11-5-7-17-46(39)48/h2-34H,1H3. The smallest absolute Gasteiger partial charge is 0.0540 e. The van der Waals surface area contributed by atoms with E-state index >= 15 is 0 Å². The highest BCUT2D eigenvalue weighted by Gasteiger charge is 2.18. The SMILES string of the molecule is CC1=CC(c2ccc(N(c3ccc(-c4ccc(N(c5ccccc5)c5cccc6ccccc56)cc4)cc3)c3cccc4ccccc34)cc2)=C1. The van der Waals surface area contributed by atoms with Gasteiger partial charge >= 0.3 is 0 Å². The van der Waals surface area contributed by atoms with Crippen LogP contribution in [0.25, 0.3) is 38.2 Å². The lowest BCUT2D eigenvalue weighted by molar-refractivity contribution is 1.29. The molecule has 0 heterocycles. The van der Waals surface area contributed by atoms with Crippen molar-refractivity contribution < 1.29 is 0 Å². The molecular weight excluding hydrogens is 617 g/mol. The van der Waals surface area contributed by atoms with Crippen LogP contribution in [0.2, 0.25) is 0 Å². The Bertz CT molecular complexity index is 2550. The van der Waals surface area contributed by atoms with Gasteiger partial charge in [0.15, 0.2) is 0 Å². The van der Waals surface area contributed by atoms with Crippen LogP contribution in [0.3, 0.4) is 0 Å². The molecule has 1 aliphatic rings. The van der Waals surface area contributed by atoms with Gasteiger partial charge in [-0.1, -0.05) is 140 Å². The maximum absolute atomic E-state index is 2.37. The summed E-state index contributed by atoms with van der Waals surface area (Å²) in [5.41, 5.74) is 13.0. The summed E-state index contributed by atoms with van der Waals surface area (Å²) < 4.78 is 0. The minimum atomic E-state index is 1.12. The Hall–Kier alpha value is -6.64. The molecule has 0 saturated carbocycles. The molecule has 0 aromatic heterocycles. The third-order valence-corrected chi connectivity index (χ3v) is 9.84. The number of allylic oxidation sites excluding steroid dienone is 4. The summed E-state index contributed by atoms with van der Waals surface area (Å²) in [5.74, 6) is 0. The Morgan fingerprint density at radius 1 is 0.314 bits per heavy atom. The quantitative estimate of drug-likeness (QED) is 0.161. The molecule has 0 N–H and O–H groups in total. The number of hydrogen-bond acceptors (Lipinski definition) is 2. The van der Waals surface area contributed by atoms with Crippen molar-refractivity contribution in [3.63, 3.8) is 0 Å². The van der Waals surface area contributed by atoms with Crippen LogP contribution in [0.4, 0.5) is 34.1 Å². The zero-order valence-electron chi connectivity index (χ0n) is 28.4. The van der Waals surface area contributed by atoms with Gasteiger partial charge in [-0.3, -0.25) is 0 Å². The normalized spacial score (nSPS) is 12.3. The summed E-state index contributed by atoms with van der Waals surface area (Å²) in [6.45, 7) is 2.14. The van der Waals surface area contributed by atoms with E-state index < -0.39 is 0 Å². The molecule has 0 unspecified atom stereocenters. The fourth-order valence-corrected chi connectivity index (χ4v) is 7.29. The Kier molecular flexibility index (Phi) is 7.75. The van der Waals surface area contributed by atoms with Gasteiger partial charge in [0.05, 0.1) is 11.4 Å². The third-order valence-electron chi connectivity index (χ3n) is 9.84. The molecule has 8 aromatic rings. The summed E-state index contributed by atoms with van der Waals surface area (Å²) >= 11 is 0. The molecule has 0 bridgehead atoms. The van der Waals surface area contributed by atoms with Crippen LogP contribution in [-0.2, 0) is 0 Å². The average Bonchev–Trinajstić information content (AvgIpc) is 3.18. The zero-order chi connectivity index (χ0) is 34.1. The van der Waals surface area contributed by atoms with Gasteiger partial charge in [-0.25, -0.2) is 0 Å². The largest absolute Gasteiger partial charge is 0.310 e. The van der Waals surface area contributed by atoms with Crippen LogP contribution in [0, 0.1) is 0 Å². The summed E-state index contributed by atoms with van der Waals surface area (Å²) in [4.78, 5) is 4.72. The van der Waals surface area contributed by atoms with Crippen molar-refractivity contribution in [2.45, 2.75) is 6.92 Å². The van der Waals surface area contributed by atoms with E-state index in [1.54, 1.807) is 0 Å². The van der Waals surface area contributed by atoms with Crippen molar-refractivity contribution >= 4 is 61.2 Å². The van der Waals surface area contributed by atoms with Crippen molar-refractivity contribution in [2.24, 2.45) is 0 Å². The van der Waals surface area contributed by atoms with E-state index in [0.717, 1.165) is 34.1 Å². The molecule has 8 aromatic carbocycles. The van der Waals surface area contributed by atoms with Crippen LogP contribution < -0.4 is 9.80 Å². The number of rotatable bonds is 8. The Morgan fingerprint density at radius 2 is 0.686 bits per heavy atom. The summed E-state index contributed by atoms with van der Waals surface area (Å²) in [7, 11) is 0. The second kappa shape index (κ2) is 13.0. The number of fused-ring (bicyclic) bond motifs is 2. The minimum absolute atomic E-state index is 1.12. The molecule has 1 aliphatic carbocycles. The van der Waals surface area contributed by atoms with E-state index in [-0.39, 0.29) is 0 Å². The van der Waals surface area contributed by atoms with E-state index in [2.05, 4.69) is 217 Å². The van der Waals surface area contributed by atoms with Crippen molar-refractivity contribution in [3.05, 3.63) is 211 Å². The lowest BCUT2D eigenvalue weighted by atomic mass is 9.94. The van der Waals surface area contributed by atoms with Gasteiger partial charge in [0, 0.05) is 33.5 Å². The topological polar surface area (TPSA) is 6.48 Å². The second-order valence-electron chi connectivity index (χ2n) is 13.1. The van der Waals surface area contributed by atoms with Crippen LogP contribution in [0.1, 0.15) is 12.5 Å². The molecule has 242 valence electrons. The van der Waals surface area contributed by atoms with Gasteiger partial charge in [0.2, 0.25) is 0 Å². The van der Waals surface area contributed by atoms with Crippen LogP contribution in [0.5, 0.6) is 0 Å². The molecule has 9 rings (SSSR count). The molecule has 0 radical (unpaired) electrons. The Balaban J connectivity index is 1.07. The molecule has 0 atom stereocenters. The molecule has 0 saturated heterocycles. The van der Waals surface area contributed by atoms with Crippen molar-refractivity contribution in [1.82, 2.24) is 0 Å². The first-order chi connectivity index (χ1) is 25.2. The minimum Gasteiger partial charge on any atom is -0.310 e. The summed E-state index contributed by atoms with van der Waals surface area (Å²) in [6.07, 6.45) is 4.48. The lowest BCUT2D eigenvalue weighted by Gasteiger charge is -2.28. The van der Waals surface area contributed by atoms with Gasteiger partial charge in [-0.15, -0.1) is 0 Å². The summed E-state index contributed by atoms with van der Waals surface area (Å²) in [5, 5.41) is 4.89. The van der Waals surface area contributed by atoms with Crippen molar-refractivity contribution in [2.75, 3.05) is 9.80 Å². The van der Waals surface area contributed by atoms with Crippen molar-refractivity contribution in [1.29, 1.82) is 0 Å². The number of para-hydroxylation sites is 1. The second-order valence-corrected chi connectivity index (χ2v) is 13.1. The molecule has 0 amide bonds. The molecule has 2 nitrogen and oxygen atoms in total. The van der Waals surface area contributed by atoms with Crippen LogP contribution in [0.15, 0.2) is 206 Å². The van der Waals surface area contributed by atoms with Gasteiger partial charge in [-0.05, 0) is 106 Å². The first-order valence-electron chi connectivity index (χ1n) is 17.5. The summed E-state index contributed by atoms with van der Waals surface area (Å²) in [6, 6.07) is 67.8. The maximum Gasteiger partial charge on any atom is 0.0540 e. The van der Waals surface area contributed by atoms with Gasteiger partial charge < -0.3 is 9.80 Å².